The molecule has 0 spiro atoms. The quantitative estimate of drug-likeness (QED) is 0.865. The molecule has 0 aliphatic rings. The maximum absolute atomic E-state index is 13.3. The fraction of sp³-hybridized carbons (Fsp3) is 0.353. The van der Waals surface area contributed by atoms with Crippen LogP contribution in [0.15, 0.2) is 42.6 Å². The smallest absolute Gasteiger partial charge is 0.123 e. The van der Waals surface area contributed by atoms with E-state index in [4.69, 9.17) is 0 Å². The lowest BCUT2D eigenvalue weighted by atomic mass is 9.99. The number of aromatic nitrogens is 1. The third-order valence-corrected chi connectivity index (χ3v) is 3.31. The van der Waals surface area contributed by atoms with Gasteiger partial charge in [-0.15, -0.1) is 0 Å². The Kier molecular flexibility index (Phi) is 5.24. The summed E-state index contributed by atoms with van der Waals surface area (Å²) in [4.78, 5) is 4.35. The van der Waals surface area contributed by atoms with Crippen molar-refractivity contribution in [3.05, 3.63) is 65.2 Å². The predicted molar refractivity (Wildman–Crippen MR) is 80.1 cm³/mol. The zero-order valence-electron chi connectivity index (χ0n) is 12.1. The molecule has 1 unspecified atom stereocenters. The van der Waals surface area contributed by atoms with Crippen molar-refractivity contribution in [3.8, 4) is 0 Å². The molecule has 1 aromatic carbocycles. The van der Waals surface area contributed by atoms with E-state index >= 15 is 0 Å². The summed E-state index contributed by atoms with van der Waals surface area (Å²) in [5.41, 5.74) is 3.15. The molecule has 2 aromatic rings. The van der Waals surface area contributed by atoms with E-state index < -0.39 is 0 Å². The van der Waals surface area contributed by atoms with Gasteiger partial charge < -0.3 is 5.32 Å². The van der Waals surface area contributed by atoms with Crippen molar-refractivity contribution >= 4 is 0 Å². The predicted octanol–water partition coefficient (Wildman–Crippen LogP) is 3.81. The van der Waals surface area contributed by atoms with E-state index in [0.29, 0.717) is 0 Å². The number of benzene rings is 1. The van der Waals surface area contributed by atoms with Crippen molar-refractivity contribution in [2.24, 2.45) is 0 Å². The summed E-state index contributed by atoms with van der Waals surface area (Å²) in [6.07, 6.45) is 3.74. The molecule has 0 fully saturated rings. The largest absolute Gasteiger partial charge is 0.310 e. The van der Waals surface area contributed by atoms with Crippen molar-refractivity contribution in [3.63, 3.8) is 0 Å². The van der Waals surface area contributed by atoms with Gasteiger partial charge in [0.05, 0.1) is 0 Å². The summed E-state index contributed by atoms with van der Waals surface area (Å²) in [5, 5.41) is 3.51. The van der Waals surface area contributed by atoms with Crippen LogP contribution >= 0.6 is 0 Å². The molecule has 0 saturated heterocycles. The Bertz CT molecular complexity index is 537. The maximum atomic E-state index is 13.3. The molecule has 3 heteroatoms. The molecular weight excluding hydrogens is 251 g/mol. The highest BCUT2D eigenvalue weighted by Crippen LogP contribution is 2.18. The van der Waals surface area contributed by atoms with Gasteiger partial charge in [-0.1, -0.05) is 25.1 Å². The number of pyridine rings is 1. The number of hydrogen-bond donors (Lipinski definition) is 1. The van der Waals surface area contributed by atoms with Crippen molar-refractivity contribution in [1.29, 1.82) is 0 Å². The second-order valence-corrected chi connectivity index (χ2v) is 5.07. The summed E-state index contributed by atoms with van der Waals surface area (Å²) in [7, 11) is 0. The third-order valence-electron chi connectivity index (χ3n) is 3.31. The van der Waals surface area contributed by atoms with Crippen LogP contribution in [0.1, 0.15) is 36.2 Å². The fourth-order valence-electron chi connectivity index (χ4n) is 2.21. The second-order valence-electron chi connectivity index (χ2n) is 5.07. The molecule has 2 nitrogen and oxygen atoms in total. The Morgan fingerprint density at radius 3 is 2.75 bits per heavy atom. The van der Waals surface area contributed by atoms with Crippen molar-refractivity contribution < 1.29 is 4.39 Å². The molecule has 0 aliphatic carbocycles. The van der Waals surface area contributed by atoms with Gasteiger partial charge in [0.2, 0.25) is 0 Å². The lowest BCUT2D eigenvalue weighted by Gasteiger charge is -2.19. The summed E-state index contributed by atoms with van der Waals surface area (Å²) in [6, 6.07) is 11.1. The number of nitrogens with zero attached hydrogens (tertiary/aromatic N) is 1. The van der Waals surface area contributed by atoms with Gasteiger partial charge in [0.15, 0.2) is 0 Å². The van der Waals surface area contributed by atoms with Crippen LogP contribution in [0.3, 0.4) is 0 Å². The zero-order valence-corrected chi connectivity index (χ0v) is 12.1. The second kappa shape index (κ2) is 7.15. The molecule has 2 rings (SSSR count). The van der Waals surface area contributed by atoms with Gasteiger partial charge in [0.25, 0.3) is 0 Å². The van der Waals surface area contributed by atoms with Crippen LogP contribution in [0.4, 0.5) is 4.39 Å². The molecule has 1 aromatic heterocycles. The molecule has 0 saturated carbocycles. The SMILES string of the molecule is CCCNC(Cc1cccc(F)c1)c1ccc(C)nc1. The van der Waals surface area contributed by atoms with E-state index in [2.05, 4.69) is 23.3 Å². The maximum Gasteiger partial charge on any atom is 0.123 e. The summed E-state index contributed by atoms with van der Waals surface area (Å²) >= 11 is 0. The molecule has 0 amide bonds. The highest BCUT2D eigenvalue weighted by Gasteiger charge is 2.12. The van der Waals surface area contributed by atoms with Gasteiger partial charge >= 0.3 is 0 Å². The first kappa shape index (κ1) is 14.7. The molecule has 20 heavy (non-hydrogen) atoms. The summed E-state index contributed by atoms with van der Waals surface area (Å²) in [6.45, 7) is 5.05. The normalized spacial score (nSPS) is 12.3. The van der Waals surface area contributed by atoms with Gasteiger partial charge in [0.1, 0.15) is 5.82 Å². The van der Waals surface area contributed by atoms with E-state index in [9.17, 15) is 4.39 Å². The van der Waals surface area contributed by atoms with Crippen LogP contribution in [0.2, 0.25) is 0 Å². The molecule has 106 valence electrons. The fourth-order valence-corrected chi connectivity index (χ4v) is 2.21. The minimum absolute atomic E-state index is 0.171. The van der Waals surface area contributed by atoms with Crippen LogP contribution in [0.5, 0.6) is 0 Å². The van der Waals surface area contributed by atoms with E-state index in [1.807, 2.05) is 25.3 Å². The average Bonchev–Trinajstić information content (AvgIpc) is 2.44. The topological polar surface area (TPSA) is 24.9 Å². The number of rotatable bonds is 6. The highest BCUT2D eigenvalue weighted by atomic mass is 19.1. The zero-order chi connectivity index (χ0) is 14.4. The van der Waals surface area contributed by atoms with Crippen LogP contribution in [-0.4, -0.2) is 11.5 Å². The summed E-state index contributed by atoms with van der Waals surface area (Å²) < 4.78 is 13.3. The van der Waals surface area contributed by atoms with Gasteiger partial charge in [-0.25, -0.2) is 4.39 Å². The van der Waals surface area contributed by atoms with Crippen LogP contribution in [0.25, 0.3) is 0 Å². The highest BCUT2D eigenvalue weighted by molar-refractivity contribution is 5.23. The lowest BCUT2D eigenvalue weighted by molar-refractivity contribution is 0.525. The number of hydrogen-bond acceptors (Lipinski definition) is 2. The first-order chi connectivity index (χ1) is 9.69. The van der Waals surface area contributed by atoms with Crippen LogP contribution < -0.4 is 5.32 Å². The van der Waals surface area contributed by atoms with E-state index in [1.165, 1.54) is 6.07 Å². The molecule has 1 atom stereocenters. The van der Waals surface area contributed by atoms with Gasteiger partial charge in [-0.3, -0.25) is 4.98 Å². The van der Waals surface area contributed by atoms with E-state index in [1.54, 1.807) is 12.1 Å². The molecule has 1 heterocycles. The number of halogens is 1. The number of aryl methyl sites for hydroxylation is 1. The van der Waals surface area contributed by atoms with Gasteiger partial charge in [0, 0.05) is 17.9 Å². The Morgan fingerprint density at radius 2 is 2.10 bits per heavy atom. The molecule has 0 radical (unpaired) electrons. The Hall–Kier alpha value is -1.74. The van der Waals surface area contributed by atoms with Crippen LogP contribution in [0, 0.1) is 12.7 Å². The average molecular weight is 272 g/mol. The Morgan fingerprint density at radius 1 is 1.25 bits per heavy atom. The minimum Gasteiger partial charge on any atom is -0.310 e. The Balaban J connectivity index is 2.16. The standard InChI is InChI=1S/C17H21FN2/c1-3-9-19-17(15-8-7-13(2)20-12-15)11-14-5-4-6-16(18)10-14/h4-8,10,12,17,19H,3,9,11H2,1-2H3. The Labute approximate surface area is 120 Å². The third kappa shape index (κ3) is 4.14. The van der Waals surface area contributed by atoms with Crippen LogP contribution in [-0.2, 0) is 6.42 Å². The first-order valence-corrected chi connectivity index (χ1v) is 7.09. The van der Waals surface area contributed by atoms with E-state index in [-0.39, 0.29) is 11.9 Å². The van der Waals surface area contributed by atoms with Crippen molar-refractivity contribution in [2.45, 2.75) is 32.7 Å². The lowest BCUT2D eigenvalue weighted by Crippen LogP contribution is -2.24. The van der Waals surface area contributed by atoms with Gasteiger partial charge in [-0.2, -0.15) is 0 Å². The van der Waals surface area contributed by atoms with Crippen molar-refractivity contribution in [2.75, 3.05) is 6.54 Å². The van der Waals surface area contributed by atoms with Crippen molar-refractivity contribution in [1.82, 2.24) is 10.3 Å². The minimum atomic E-state index is -0.182. The monoisotopic (exact) mass is 272 g/mol. The molecule has 0 aliphatic heterocycles. The summed E-state index contributed by atoms with van der Waals surface area (Å²) in [5.74, 6) is -0.182. The molecule has 1 N–H and O–H groups in total. The number of nitrogens with one attached hydrogen (secondary N) is 1. The van der Waals surface area contributed by atoms with E-state index in [0.717, 1.165) is 36.2 Å². The first-order valence-electron chi connectivity index (χ1n) is 7.09. The van der Waals surface area contributed by atoms with Gasteiger partial charge in [-0.05, 0) is 55.6 Å². The molecule has 0 bridgehead atoms. The molecular formula is C17H21FN2.